The van der Waals surface area contributed by atoms with Crippen LogP contribution in [0.3, 0.4) is 0 Å². The first-order valence-corrected chi connectivity index (χ1v) is 7.29. The number of thiophene rings is 1. The Hall–Kier alpha value is -1.66. The Balaban J connectivity index is 2.36. The number of amides is 1. The van der Waals surface area contributed by atoms with Crippen LogP contribution in [0.2, 0.25) is 0 Å². The summed E-state index contributed by atoms with van der Waals surface area (Å²) in [5, 5.41) is 0.892. The zero-order valence-corrected chi connectivity index (χ0v) is 12.7. The van der Waals surface area contributed by atoms with Crippen LogP contribution < -0.4 is 5.73 Å². The lowest BCUT2D eigenvalue weighted by molar-refractivity contribution is 0.0641. The van der Waals surface area contributed by atoms with E-state index in [1.54, 1.807) is 24.4 Å². The van der Waals surface area contributed by atoms with Crippen molar-refractivity contribution in [2.24, 2.45) is 0 Å². The number of ether oxygens (including phenoxy) is 1. The number of carbonyl (C=O) groups is 1. The Kier molecular flexibility index (Phi) is 4.57. The summed E-state index contributed by atoms with van der Waals surface area (Å²) in [6.07, 6.45) is 3.42. The molecule has 0 atom stereocenters. The molecule has 0 saturated carbocycles. The minimum absolute atomic E-state index is 0.0456. The van der Waals surface area contributed by atoms with E-state index in [4.69, 9.17) is 10.5 Å². The first kappa shape index (κ1) is 14.7. The summed E-state index contributed by atoms with van der Waals surface area (Å²) in [6.45, 7) is 5.03. The fraction of sp³-hybridized carbons (Fsp3) is 0.429. The van der Waals surface area contributed by atoms with E-state index in [2.05, 4.69) is 4.98 Å². The molecule has 0 aliphatic rings. The van der Waals surface area contributed by atoms with Crippen LogP contribution in [0.5, 0.6) is 0 Å². The van der Waals surface area contributed by atoms with E-state index in [9.17, 15) is 4.79 Å². The van der Waals surface area contributed by atoms with Gasteiger partial charge in [0.25, 0.3) is 5.91 Å². The fourth-order valence-corrected chi connectivity index (χ4v) is 3.09. The molecule has 6 heteroatoms. The van der Waals surface area contributed by atoms with Gasteiger partial charge in [0.15, 0.2) is 0 Å². The van der Waals surface area contributed by atoms with E-state index >= 15 is 0 Å². The number of rotatable bonds is 5. The number of anilines is 1. The second-order valence-electron chi connectivity index (χ2n) is 4.80. The van der Waals surface area contributed by atoms with Crippen LogP contribution in [0.4, 0.5) is 5.69 Å². The van der Waals surface area contributed by atoms with Gasteiger partial charge in [0.05, 0.1) is 17.0 Å². The number of hydrogen-bond donors (Lipinski definition) is 1. The Morgan fingerprint density at radius 1 is 1.55 bits per heavy atom. The van der Waals surface area contributed by atoms with Gasteiger partial charge in [0.2, 0.25) is 0 Å². The van der Waals surface area contributed by atoms with Gasteiger partial charge in [0.1, 0.15) is 4.88 Å². The van der Waals surface area contributed by atoms with Crippen molar-refractivity contribution in [3.63, 3.8) is 0 Å². The van der Waals surface area contributed by atoms with E-state index in [0.717, 1.165) is 10.1 Å². The lowest BCUT2D eigenvalue weighted by Gasteiger charge is -2.26. The minimum Gasteiger partial charge on any atom is -0.397 e. The largest absolute Gasteiger partial charge is 0.397 e. The van der Waals surface area contributed by atoms with Crippen molar-refractivity contribution < 1.29 is 9.53 Å². The average Bonchev–Trinajstić information content (AvgIpc) is 2.76. The highest BCUT2D eigenvalue weighted by atomic mass is 32.1. The Labute approximate surface area is 122 Å². The summed E-state index contributed by atoms with van der Waals surface area (Å²) in [5.74, 6) is -0.0456. The minimum atomic E-state index is -0.0456. The van der Waals surface area contributed by atoms with Gasteiger partial charge in [0, 0.05) is 37.5 Å². The van der Waals surface area contributed by atoms with Gasteiger partial charge in [-0.05, 0) is 19.9 Å². The second kappa shape index (κ2) is 6.19. The highest BCUT2D eigenvalue weighted by molar-refractivity contribution is 7.21. The van der Waals surface area contributed by atoms with Gasteiger partial charge >= 0.3 is 0 Å². The number of nitrogens with two attached hydrogens (primary N) is 1. The van der Waals surface area contributed by atoms with Gasteiger partial charge in [-0.3, -0.25) is 9.78 Å². The lowest BCUT2D eigenvalue weighted by Crippen LogP contribution is -2.39. The molecule has 2 rings (SSSR count). The summed E-state index contributed by atoms with van der Waals surface area (Å²) < 4.78 is 6.00. The first-order valence-electron chi connectivity index (χ1n) is 6.48. The number of methoxy groups -OCH3 is 1. The smallest absolute Gasteiger partial charge is 0.266 e. The maximum absolute atomic E-state index is 12.7. The Bertz CT molecular complexity index is 609. The van der Waals surface area contributed by atoms with Crippen LogP contribution in [0, 0.1) is 0 Å². The van der Waals surface area contributed by atoms with Gasteiger partial charge in [-0.1, -0.05) is 0 Å². The van der Waals surface area contributed by atoms with E-state index in [1.165, 1.54) is 11.3 Å². The summed E-state index contributed by atoms with van der Waals surface area (Å²) in [7, 11) is 1.63. The lowest BCUT2D eigenvalue weighted by atomic mass is 10.2. The number of carbonyl (C=O) groups excluding carboxylic acids is 1. The Morgan fingerprint density at radius 2 is 2.30 bits per heavy atom. The number of nitrogens with zero attached hydrogens (tertiary/aromatic N) is 2. The molecule has 0 fully saturated rings. The van der Waals surface area contributed by atoms with Crippen molar-refractivity contribution in [1.82, 2.24) is 9.88 Å². The molecule has 0 aromatic carbocycles. The fourth-order valence-electron chi connectivity index (χ4n) is 2.04. The molecule has 0 unspecified atom stereocenters. The van der Waals surface area contributed by atoms with Crippen molar-refractivity contribution in [3.8, 4) is 0 Å². The van der Waals surface area contributed by atoms with Crippen molar-refractivity contribution >= 4 is 33.0 Å². The number of pyridine rings is 1. The predicted molar refractivity (Wildman–Crippen MR) is 82.1 cm³/mol. The highest BCUT2D eigenvalue weighted by Gasteiger charge is 2.23. The molecular weight excluding hydrogens is 274 g/mol. The van der Waals surface area contributed by atoms with Crippen LogP contribution in [-0.4, -0.2) is 42.1 Å². The van der Waals surface area contributed by atoms with E-state index < -0.39 is 0 Å². The van der Waals surface area contributed by atoms with E-state index in [-0.39, 0.29) is 11.9 Å². The molecule has 2 aromatic rings. The molecule has 2 N–H and O–H groups in total. The summed E-state index contributed by atoms with van der Waals surface area (Å²) in [6, 6.07) is 1.94. The SMILES string of the molecule is COCCN(C(=O)c1sc2cnccc2c1N)C(C)C. The van der Waals surface area contributed by atoms with Crippen molar-refractivity contribution in [2.45, 2.75) is 19.9 Å². The van der Waals surface area contributed by atoms with Gasteiger partial charge in [-0.2, -0.15) is 0 Å². The summed E-state index contributed by atoms with van der Waals surface area (Å²) in [5.41, 5.74) is 6.65. The van der Waals surface area contributed by atoms with Crippen LogP contribution in [-0.2, 0) is 4.74 Å². The van der Waals surface area contributed by atoms with Crippen molar-refractivity contribution in [1.29, 1.82) is 0 Å². The molecule has 2 heterocycles. The van der Waals surface area contributed by atoms with E-state index in [0.29, 0.717) is 23.7 Å². The molecule has 0 radical (unpaired) electrons. The van der Waals surface area contributed by atoms with Gasteiger partial charge in [-0.25, -0.2) is 0 Å². The highest BCUT2D eigenvalue weighted by Crippen LogP contribution is 2.33. The van der Waals surface area contributed by atoms with E-state index in [1.807, 2.05) is 19.9 Å². The molecule has 0 aliphatic heterocycles. The molecule has 2 aromatic heterocycles. The standard InChI is InChI=1S/C14H19N3O2S/c1-9(2)17(6-7-19-3)14(18)13-12(15)10-4-5-16-8-11(10)20-13/h4-5,8-9H,6-7,15H2,1-3H3. The van der Waals surface area contributed by atoms with Crippen LogP contribution in [0.25, 0.3) is 10.1 Å². The predicted octanol–water partition coefficient (Wildman–Crippen LogP) is 2.38. The number of fused-ring (bicyclic) bond motifs is 1. The quantitative estimate of drug-likeness (QED) is 0.919. The first-order chi connectivity index (χ1) is 9.56. The maximum atomic E-state index is 12.7. The van der Waals surface area contributed by atoms with Gasteiger partial charge < -0.3 is 15.4 Å². The molecule has 20 heavy (non-hydrogen) atoms. The number of aromatic nitrogens is 1. The third-order valence-corrected chi connectivity index (χ3v) is 4.29. The monoisotopic (exact) mass is 293 g/mol. The van der Waals surface area contributed by atoms with Gasteiger partial charge in [-0.15, -0.1) is 11.3 Å². The number of nitrogen functional groups attached to an aromatic ring is 1. The van der Waals surface area contributed by atoms with Crippen LogP contribution >= 0.6 is 11.3 Å². The second-order valence-corrected chi connectivity index (χ2v) is 5.85. The summed E-state index contributed by atoms with van der Waals surface area (Å²) in [4.78, 5) is 19.1. The maximum Gasteiger partial charge on any atom is 0.266 e. The topological polar surface area (TPSA) is 68.5 Å². The average molecular weight is 293 g/mol. The molecule has 0 spiro atoms. The molecule has 0 aliphatic carbocycles. The Morgan fingerprint density at radius 3 is 2.90 bits per heavy atom. The third-order valence-electron chi connectivity index (χ3n) is 3.15. The van der Waals surface area contributed by atoms with Crippen LogP contribution in [0.1, 0.15) is 23.5 Å². The van der Waals surface area contributed by atoms with Crippen molar-refractivity contribution in [3.05, 3.63) is 23.3 Å². The number of hydrogen-bond acceptors (Lipinski definition) is 5. The molecule has 108 valence electrons. The normalized spacial score (nSPS) is 11.2. The molecule has 5 nitrogen and oxygen atoms in total. The third kappa shape index (κ3) is 2.76. The molecular formula is C14H19N3O2S. The van der Waals surface area contributed by atoms with Crippen LogP contribution in [0.15, 0.2) is 18.5 Å². The molecule has 0 bridgehead atoms. The summed E-state index contributed by atoms with van der Waals surface area (Å²) >= 11 is 1.39. The molecule has 1 amide bonds. The zero-order chi connectivity index (χ0) is 14.7. The zero-order valence-electron chi connectivity index (χ0n) is 11.9. The van der Waals surface area contributed by atoms with Crippen molar-refractivity contribution in [2.75, 3.05) is 26.0 Å². The molecule has 0 saturated heterocycles.